The summed E-state index contributed by atoms with van der Waals surface area (Å²) >= 11 is 0. The minimum absolute atomic E-state index is 0.0891. The lowest BCUT2D eigenvalue weighted by Gasteiger charge is -2.54. The molecule has 0 aromatic carbocycles. The van der Waals surface area contributed by atoms with Gasteiger partial charge in [-0.25, -0.2) is 4.79 Å². The van der Waals surface area contributed by atoms with Gasteiger partial charge in [0.25, 0.3) is 5.60 Å². The van der Waals surface area contributed by atoms with Gasteiger partial charge in [0.2, 0.25) is 0 Å². The van der Waals surface area contributed by atoms with E-state index in [0.29, 0.717) is 13.8 Å². The van der Waals surface area contributed by atoms with E-state index in [1.54, 1.807) is 27.7 Å². The normalized spacial score (nSPS) is 26.9. The van der Waals surface area contributed by atoms with Crippen LogP contribution >= 0.6 is 0 Å². The summed E-state index contributed by atoms with van der Waals surface area (Å²) in [5.41, 5.74) is -13.9. The highest BCUT2D eigenvalue weighted by Crippen LogP contribution is 2.58. The average Bonchev–Trinajstić information content (AvgIpc) is 3.27. The standard InChI is InChI=1S/C28H44F6O7/c1-14(2)20(35)39-16-13-15-17(18(19(16)38-15)22(5,6)40-24(9,10)23(7,8)36)21(3,4)41-25(11,12)26(37,27(29,30)31)28(32,33)34/h15-19,36-37H,1,13H2,2-12H3. The Morgan fingerprint density at radius 1 is 0.780 bits per heavy atom. The van der Waals surface area contributed by atoms with Gasteiger partial charge in [-0.3, -0.25) is 0 Å². The summed E-state index contributed by atoms with van der Waals surface area (Å²) in [6, 6.07) is 0. The summed E-state index contributed by atoms with van der Waals surface area (Å²) in [6.07, 6.45) is -14.7. The molecular weight excluding hydrogens is 562 g/mol. The molecule has 13 heteroatoms. The van der Waals surface area contributed by atoms with E-state index in [9.17, 15) is 41.4 Å². The lowest BCUT2D eigenvalue weighted by molar-refractivity contribution is -0.422. The molecule has 0 aliphatic carbocycles. The van der Waals surface area contributed by atoms with E-state index in [2.05, 4.69) is 6.58 Å². The quantitative estimate of drug-likeness (QED) is 0.189. The van der Waals surface area contributed by atoms with Gasteiger partial charge in [0, 0.05) is 23.8 Å². The van der Waals surface area contributed by atoms with Crippen LogP contribution in [0.3, 0.4) is 0 Å². The van der Waals surface area contributed by atoms with Gasteiger partial charge in [-0.2, -0.15) is 26.3 Å². The van der Waals surface area contributed by atoms with E-state index in [-0.39, 0.29) is 12.0 Å². The van der Waals surface area contributed by atoms with Crippen molar-refractivity contribution in [2.24, 2.45) is 11.8 Å². The van der Waals surface area contributed by atoms with Crippen LogP contribution in [0.15, 0.2) is 12.2 Å². The highest BCUT2D eigenvalue weighted by Gasteiger charge is 2.79. The lowest BCUT2D eigenvalue weighted by Crippen LogP contribution is -2.71. The molecule has 240 valence electrons. The first-order valence-corrected chi connectivity index (χ1v) is 13.3. The summed E-state index contributed by atoms with van der Waals surface area (Å²) in [5, 5.41) is 20.9. The average molecular weight is 607 g/mol. The van der Waals surface area contributed by atoms with E-state index in [1.807, 2.05) is 0 Å². The van der Waals surface area contributed by atoms with Gasteiger partial charge in [0.1, 0.15) is 17.8 Å². The third-order valence-corrected chi connectivity index (χ3v) is 8.72. The summed E-state index contributed by atoms with van der Waals surface area (Å²) in [6.45, 7) is 18.4. The predicted octanol–water partition coefficient (Wildman–Crippen LogP) is 5.65. The first kappa shape index (κ1) is 35.8. The van der Waals surface area contributed by atoms with Crippen LogP contribution in [0.2, 0.25) is 0 Å². The summed E-state index contributed by atoms with van der Waals surface area (Å²) in [7, 11) is 0. The molecule has 5 unspecified atom stereocenters. The molecule has 5 atom stereocenters. The van der Waals surface area contributed by atoms with Crippen molar-refractivity contribution in [1.29, 1.82) is 0 Å². The van der Waals surface area contributed by atoms with E-state index in [1.165, 1.54) is 34.6 Å². The number of carbonyl (C=O) groups is 1. The molecule has 0 aromatic rings. The van der Waals surface area contributed by atoms with Crippen molar-refractivity contribution >= 4 is 5.97 Å². The summed E-state index contributed by atoms with van der Waals surface area (Å²) in [5.74, 6) is -2.40. The largest absolute Gasteiger partial charge is 0.456 e. The van der Waals surface area contributed by atoms with Crippen molar-refractivity contribution in [3.8, 4) is 0 Å². The van der Waals surface area contributed by atoms with Gasteiger partial charge >= 0.3 is 18.3 Å². The molecule has 0 aromatic heterocycles. The Kier molecular flexibility index (Phi) is 9.03. The van der Waals surface area contributed by atoms with Crippen LogP contribution in [0.25, 0.3) is 0 Å². The smallest absolute Gasteiger partial charge is 0.429 e. The van der Waals surface area contributed by atoms with Crippen LogP contribution in [0.4, 0.5) is 26.3 Å². The second-order valence-corrected chi connectivity index (χ2v) is 13.8. The van der Waals surface area contributed by atoms with Crippen molar-refractivity contribution in [3.63, 3.8) is 0 Å². The Balaban J connectivity index is 2.62. The number of ether oxygens (including phenoxy) is 4. The maximum absolute atomic E-state index is 13.8. The Morgan fingerprint density at radius 3 is 1.59 bits per heavy atom. The molecule has 2 saturated heterocycles. The molecule has 2 heterocycles. The topological polar surface area (TPSA) is 94.5 Å². The van der Waals surface area contributed by atoms with Crippen LogP contribution in [0, 0.1) is 11.8 Å². The second kappa shape index (κ2) is 10.3. The van der Waals surface area contributed by atoms with Gasteiger partial charge in [-0.05, 0) is 76.2 Å². The first-order chi connectivity index (χ1) is 17.8. The molecule has 7 nitrogen and oxygen atoms in total. The zero-order valence-electron chi connectivity index (χ0n) is 25.5. The Labute approximate surface area is 237 Å². The Bertz CT molecular complexity index is 993. The monoisotopic (exact) mass is 606 g/mol. The highest BCUT2D eigenvalue weighted by atomic mass is 19.4. The van der Waals surface area contributed by atoms with Crippen molar-refractivity contribution in [2.45, 2.75) is 147 Å². The Hall–Kier alpha value is -1.41. The number of esters is 1. The molecule has 2 bridgehead atoms. The molecule has 0 amide bonds. The highest BCUT2D eigenvalue weighted by molar-refractivity contribution is 5.87. The third-order valence-electron chi connectivity index (χ3n) is 8.72. The molecule has 2 aliphatic heterocycles. The number of rotatable bonds is 10. The Morgan fingerprint density at radius 2 is 1.20 bits per heavy atom. The maximum atomic E-state index is 13.8. The molecule has 2 fully saturated rings. The fraction of sp³-hybridized carbons (Fsp3) is 0.893. The van der Waals surface area contributed by atoms with Crippen molar-refractivity contribution < 1.29 is 60.3 Å². The van der Waals surface area contributed by atoms with Crippen LogP contribution in [-0.4, -0.2) is 80.5 Å². The predicted molar refractivity (Wildman–Crippen MR) is 137 cm³/mol. The van der Waals surface area contributed by atoms with Gasteiger partial charge in [0.05, 0.1) is 28.5 Å². The van der Waals surface area contributed by atoms with Crippen LogP contribution in [-0.2, 0) is 23.7 Å². The number of alkyl halides is 6. The molecule has 0 saturated carbocycles. The van der Waals surface area contributed by atoms with E-state index in [4.69, 9.17) is 18.9 Å². The zero-order chi connectivity index (χ0) is 32.6. The summed E-state index contributed by atoms with van der Waals surface area (Å²) in [4.78, 5) is 12.3. The molecule has 2 rings (SSSR count). The van der Waals surface area contributed by atoms with Crippen LogP contribution in [0.1, 0.15) is 82.6 Å². The van der Waals surface area contributed by atoms with Gasteiger partial charge in [-0.1, -0.05) is 6.58 Å². The van der Waals surface area contributed by atoms with E-state index < -0.39 is 82.1 Å². The van der Waals surface area contributed by atoms with Gasteiger partial charge in [-0.15, -0.1) is 0 Å². The number of aliphatic hydroxyl groups is 2. The number of carbonyl (C=O) groups excluding carboxylic acids is 1. The van der Waals surface area contributed by atoms with Crippen molar-refractivity contribution in [1.82, 2.24) is 0 Å². The summed E-state index contributed by atoms with van der Waals surface area (Å²) < 4.78 is 107. The van der Waals surface area contributed by atoms with Gasteiger partial charge < -0.3 is 29.2 Å². The van der Waals surface area contributed by atoms with Crippen LogP contribution < -0.4 is 0 Å². The van der Waals surface area contributed by atoms with Gasteiger partial charge in [0.15, 0.2) is 0 Å². The number of hydrogen-bond donors (Lipinski definition) is 2. The first-order valence-electron chi connectivity index (χ1n) is 13.3. The van der Waals surface area contributed by atoms with Crippen molar-refractivity contribution in [2.75, 3.05) is 0 Å². The van der Waals surface area contributed by atoms with E-state index in [0.717, 1.165) is 0 Å². The number of hydrogen-bond acceptors (Lipinski definition) is 7. The maximum Gasteiger partial charge on any atom is 0.429 e. The lowest BCUT2D eigenvalue weighted by atomic mass is 9.64. The minimum atomic E-state index is -6.11. The van der Waals surface area contributed by atoms with Crippen molar-refractivity contribution in [3.05, 3.63) is 12.2 Å². The van der Waals surface area contributed by atoms with Crippen LogP contribution in [0.5, 0.6) is 0 Å². The molecule has 2 aliphatic rings. The second-order valence-electron chi connectivity index (χ2n) is 13.8. The fourth-order valence-electron chi connectivity index (χ4n) is 6.25. The number of halogens is 6. The van der Waals surface area contributed by atoms with E-state index >= 15 is 0 Å². The third kappa shape index (κ3) is 6.30. The number of fused-ring (bicyclic) bond motifs is 2. The minimum Gasteiger partial charge on any atom is -0.456 e. The molecule has 0 radical (unpaired) electrons. The SMILES string of the molecule is C=C(C)C(=O)OC1CC2OC1C(C(C)(C)OC(C)(C)C(C)(C)O)C2C(C)(C)OC(C)(C)C(O)(C(F)(F)F)C(F)(F)F. The molecule has 2 N–H and O–H groups in total. The molecule has 0 spiro atoms. The fourth-order valence-corrected chi connectivity index (χ4v) is 6.25. The molecule has 41 heavy (non-hydrogen) atoms. The molecular formula is C28H44F6O7. The zero-order valence-corrected chi connectivity index (χ0v) is 25.5.